The van der Waals surface area contributed by atoms with Gasteiger partial charge in [0.25, 0.3) is 11.8 Å². The fourth-order valence-corrected chi connectivity index (χ4v) is 3.70. The Morgan fingerprint density at radius 2 is 1.17 bits per heavy atom. The molecule has 0 bridgehead atoms. The summed E-state index contributed by atoms with van der Waals surface area (Å²) in [6.45, 7) is 2.00. The van der Waals surface area contributed by atoms with E-state index in [1.54, 1.807) is 42.5 Å². The number of rotatable bonds is 6. The number of aryl methyl sites for hydroxylation is 1. The summed E-state index contributed by atoms with van der Waals surface area (Å²) in [4.78, 5) is 24.3. The number of carbonyl (C=O) groups excluding carboxylic acids is 2. The van der Waals surface area contributed by atoms with Gasteiger partial charge in [0.2, 0.25) is 11.6 Å². The van der Waals surface area contributed by atoms with Crippen molar-refractivity contribution in [1.29, 1.82) is 0 Å². The summed E-state index contributed by atoms with van der Waals surface area (Å²) in [5, 5.41) is 33.0. The zero-order valence-corrected chi connectivity index (χ0v) is 21.8. The molecule has 6 rings (SSSR count). The van der Waals surface area contributed by atoms with Crippen LogP contribution in [0.1, 0.15) is 26.3 Å². The smallest absolute Gasteiger partial charge is 0.255 e. The molecule has 2 amide bonds. The average molecular weight is 545 g/mol. The lowest BCUT2D eigenvalue weighted by molar-refractivity contribution is 0.101. The number of H-pyrrole nitrogens is 2. The Hall–Kier alpha value is -6.04. The third-order valence-corrected chi connectivity index (χ3v) is 5.82. The molecule has 202 valence electrons. The van der Waals surface area contributed by atoms with Gasteiger partial charge >= 0.3 is 0 Å². The third-order valence-electron chi connectivity index (χ3n) is 5.82. The lowest BCUT2D eigenvalue weighted by Gasteiger charge is -2.06. The highest BCUT2D eigenvalue weighted by molar-refractivity contribution is 6.05. The number of benzene rings is 4. The summed E-state index contributed by atoms with van der Waals surface area (Å²) in [5.74, 6) is 0.625. The highest BCUT2D eigenvalue weighted by Gasteiger charge is 2.10. The fraction of sp³-hybridized carbons (Fsp3) is 0.0345. The molecule has 0 aliphatic heterocycles. The Morgan fingerprint density at radius 1 is 0.585 bits per heavy atom. The van der Waals surface area contributed by atoms with E-state index in [0.29, 0.717) is 22.8 Å². The number of para-hydroxylation sites is 1. The number of hydrogen-bond acceptors (Lipinski definition) is 8. The number of aromatic amines is 2. The van der Waals surface area contributed by atoms with E-state index < -0.39 is 0 Å². The number of aromatic nitrogens is 8. The van der Waals surface area contributed by atoms with E-state index in [4.69, 9.17) is 0 Å². The molecule has 0 atom stereocenters. The largest absolute Gasteiger partial charge is 0.322 e. The maximum atomic E-state index is 12.2. The van der Waals surface area contributed by atoms with Crippen LogP contribution in [0.15, 0.2) is 103 Å². The van der Waals surface area contributed by atoms with Crippen molar-refractivity contribution in [3.8, 4) is 22.8 Å². The van der Waals surface area contributed by atoms with Crippen LogP contribution in [0.4, 0.5) is 11.4 Å². The molecule has 0 unspecified atom stereocenters. The van der Waals surface area contributed by atoms with Crippen LogP contribution < -0.4 is 10.6 Å². The van der Waals surface area contributed by atoms with E-state index in [1.165, 1.54) is 0 Å². The molecule has 0 saturated heterocycles. The molecular formula is C29H24N10O2. The minimum Gasteiger partial charge on any atom is -0.322 e. The molecule has 0 spiro atoms. The van der Waals surface area contributed by atoms with Gasteiger partial charge in [0.1, 0.15) is 0 Å². The van der Waals surface area contributed by atoms with Gasteiger partial charge < -0.3 is 10.6 Å². The number of nitrogens with zero attached hydrogens (tertiary/aromatic N) is 6. The van der Waals surface area contributed by atoms with E-state index in [9.17, 15) is 9.59 Å². The number of hydrogen-bond donors (Lipinski definition) is 4. The molecule has 12 heteroatoms. The Labute approximate surface area is 234 Å². The molecule has 12 nitrogen and oxygen atoms in total. The highest BCUT2D eigenvalue weighted by atomic mass is 16.2. The van der Waals surface area contributed by atoms with Crippen LogP contribution in [0.3, 0.4) is 0 Å². The molecule has 41 heavy (non-hydrogen) atoms. The standard InChI is InChI=1S/C15H13N5O.C14H11N5O/c1-10-2-8-13(9-3-10)16-15(21)12-6-4-11(5-7-12)14-17-19-20-18-14;20-14(15-12-7-2-1-3-8-12)11-6-4-5-10(9-11)13-16-18-19-17-13/h2-9H,1H3,(H,16,21)(H,17,18,19,20);1-9H,(H,15,20)(H,16,17,18,19). The molecule has 0 saturated carbocycles. The second-order valence-corrected chi connectivity index (χ2v) is 8.77. The maximum Gasteiger partial charge on any atom is 0.255 e. The monoisotopic (exact) mass is 544 g/mol. The van der Waals surface area contributed by atoms with Crippen LogP contribution in [0.25, 0.3) is 22.8 Å². The lowest BCUT2D eigenvalue weighted by Crippen LogP contribution is -2.11. The van der Waals surface area contributed by atoms with Crippen molar-refractivity contribution in [2.75, 3.05) is 10.6 Å². The van der Waals surface area contributed by atoms with Crippen molar-refractivity contribution < 1.29 is 9.59 Å². The van der Waals surface area contributed by atoms with Gasteiger partial charge in [0.15, 0.2) is 0 Å². The number of nitrogens with one attached hydrogen (secondary N) is 4. The first kappa shape index (κ1) is 26.6. The van der Waals surface area contributed by atoms with Crippen LogP contribution in [-0.4, -0.2) is 53.1 Å². The summed E-state index contributed by atoms with van der Waals surface area (Å²) in [7, 11) is 0. The minimum absolute atomic E-state index is 0.154. The zero-order chi connectivity index (χ0) is 28.4. The van der Waals surface area contributed by atoms with Crippen LogP contribution >= 0.6 is 0 Å². The summed E-state index contributed by atoms with van der Waals surface area (Å²) in [5.41, 5.74) is 5.32. The SMILES string of the molecule is Cc1ccc(NC(=O)c2ccc(-c3nn[nH]n3)cc2)cc1.O=C(Nc1ccccc1)c1cccc(-c2nn[nH]n2)c1. The molecule has 2 aromatic heterocycles. The van der Waals surface area contributed by atoms with Gasteiger partial charge in [-0.1, -0.05) is 60.2 Å². The van der Waals surface area contributed by atoms with Gasteiger partial charge in [-0.2, -0.15) is 10.4 Å². The van der Waals surface area contributed by atoms with Gasteiger partial charge in [0.05, 0.1) is 0 Å². The van der Waals surface area contributed by atoms with Crippen LogP contribution in [0, 0.1) is 6.92 Å². The van der Waals surface area contributed by atoms with Crippen LogP contribution in [0.2, 0.25) is 0 Å². The van der Waals surface area contributed by atoms with E-state index in [0.717, 1.165) is 28.1 Å². The van der Waals surface area contributed by atoms with Gasteiger partial charge in [0, 0.05) is 33.6 Å². The molecule has 0 aliphatic rings. The fourth-order valence-electron chi connectivity index (χ4n) is 3.70. The van der Waals surface area contributed by atoms with Crippen LogP contribution in [-0.2, 0) is 0 Å². The van der Waals surface area contributed by atoms with Crippen molar-refractivity contribution in [3.63, 3.8) is 0 Å². The average Bonchev–Trinajstić information content (AvgIpc) is 3.75. The second-order valence-electron chi connectivity index (χ2n) is 8.77. The van der Waals surface area contributed by atoms with Gasteiger partial charge in [-0.25, -0.2) is 0 Å². The molecular weight excluding hydrogens is 520 g/mol. The molecule has 0 radical (unpaired) electrons. The molecule has 0 aliphatic carbocycles. The summed E-state index contributed by atoms with van der Waals surface area (Å²) < 4.78 is 0. The van der Waals surface area contributed by atoms with Crippen molar-refractivity contribution in [3.05, 3.63) is 120 Å². The number of carbonyl (C=O) groups is 2. The van der Waals surface area contributed by atoms with Gasteiger partial charge in [-0.05, 0) is 65.9 Å². The maximum absolute atomic E-state index is 12.2. The van der Waals surface area contributed by atoms with Crippen molar-refractivity contribution in [2.45, 2.75) is 6.92 Å². The summed E-state index contributed by atoms with van der Waals surface area (Å²) >= 11 is 0. The normalized spacial score (nSPS) is 10.3. The van der Waals surface area contributed by atoms with Crippen molar-refractivity contribution >= 4 is 23.2 Å². The van der Waals surface area contributed by atoms with E-state index in [2.05, 4.69) is 51.9 Å². The topological polar surface area (TPSA) is 167 Å². The molecule has 4 aromatic carbocycles. The van der Waals surface area contributed by atoms with E-state index >= 15 is 0 Å². The molecule has 2 heterocycles. The predicted molar refractivity (Wildman–Crippen MR) is 153 cm³/mol. The summed E-state index contributed by atoms with van der Waals surface area (Å²) in [6, 6.07) is 31.1. The van der Waals surface area contributed by atoms with E-state index in [-0.39, 0.29) is 11.8 Å². The number of amides is 2. The van der Waals surface area contributed by atoms with E-state index in [1.807, 2.05) is 67.6 Å². The second kappa shape index (κ2) is 12.7. The summed E-state index contributed by atoms with van der Waals surface area (Å²) in [6.07, 6.45) is 0. The highest BCUT2D eigenvalue weighted by Crippen LogP contribution is 2.17. The van der Waals surface area contributed by atoms with Crippen LogP contribution in [0.5, 0.6) is 0 Å². The Kier molecular flexibility index (Phi) is 8.21. The quantitative estimate of drug-likeness (QED) is 0.237. The molecule has 4 N–H and O–H groups in total. The predicted octanol–water partition coefficient (Wildman–Crippen LogP) is 4.55. The van der Waals surface area contributed by atoms with Gasteiger partial charge in [-0.15, -0.1) is 20.4 Å². The first-order valence-corrected chi connectivity index (χ1v) is 12.5. The van der Waals surface area contributed by atoms with Crippen molar-refractivity contribution in [2.24, 2.45) is 0 Å². The third kappa shape index (κ3) is 7.09. The Bertz CT molecular complexity index is 1700. The Balaban J connectivity index is 0.000000165. The first-order valence-electron chi connectivity index (χ1n) is 12.5. The Morgan fingerprint density at radius 3 is 1.78 bits per heavy atom. The molecule has 0 fully saturated rings. The number of anilines is 2. The molecule has 6 aromatic rings. The zero-order valence-electron chi connectivity index (χ0n) is 21.8. The minimum atomic E-state index is -0.179. The van der Waals surface area contributed by atoms with Gasteiger partial charge in [-0.3, -0.25) is 9.59 Å². The number of tetrazole rings is 2. The van der Waals surface area contributed by atoms with Crippen molar-refractivity contribution in [1.82, 2.24) is 41.2 Å². The lowest BCUT2D eigenvalue weighted by atomic mass is 10.1. The first-order chi connectivity index (χ1) is 20.0.